The molecule has 5 nitrogen and oxygen atoms in total. The van der Waals surface area contributed by atoms with Crippen LogP contribution in [0.1, 0.15) is 21.7 Å². The molecular weight excluding hydrogens is 309 g/mol. The molecule has 0 aliphatic heterocycles. The third-order valence-electron chi connectivity index (χ3n) is 3.18. The van der Waals surface area contributed by atoms with Crippen LogP contribution in [0.3, 0.4) is 0 Å². The van der Waals surface area contributed by atoms with Gasteiger partial charge >= 0.3 is 6.18 Å². The van der Waals surface area contributed by atoms with E-state index in [0.717, 1.165) is 12.1 Å². The predicted octanol–water partition coefficient (Wildman–Crippen LogP) is 3.31. The van der Waals surface area contributed by atoms with Gasteiger partial charge in [0, 0.05) is 11.9 Å². The highest BCUT2D eigenvalue weighted by Gasteiger charge is 2.30. The lowest BCUT2D eigenvalue weighted by atomic mass is 10.2. The fraction of sp³-hybridized carbons (Fsp3) is 0.133. The Bertz CT molecular complexity index is 886. The van der Waals surface area contributed by atoms with Gasteiger partial charge in [0.1, 0.15) is 5.82 Å². The van der Waals surface area contributed by atoms with Gasteiger partial charge in [-0.2, -0.15) is 18.3 Å². The van der Waals surface area contributed by atoms with E-state index in [2.05, 4.69) is 15.4 Å². The lowest BCUT2D eigenvalue weighted by Gasteiger charge is -2.09. The maximum atomic E-state index is 12.7. The molecule has 1 N–H and O–H groups in total. The van der Waals surface area contributed by atoms with Crippen molar-refractivity contribution in [2.45, 2.75) is 13.1 Å². The number of anilines is 1. The van der Waals surface area contributed by atoms with Crippen molar-refractivity contribution in [1.29, 1.82) is 0 Å². The molecule has 23 heavy (non-hydrogen) atoms. The topological polar surface area (TPSA) is 59.3 Å². The summed E-state index contributed by atoms with van der Waals surface area (Å²) in [5.74, 6) is 0.0189. The molecule has 0 fully saturated rings. The highest BCUT2D eigenvalue weighted by Crippen LogP contribution is 2.30. The summed E-state index contributed by atoms with van der Waals surface area (Å²) in [6.07, 6.45) is -1.41. The number of nitrogens with one attached hydrogen (secondary N) is 1. The van der Waals surface area contributed by atoms with Crippen LogP contribution in [-0.2, 0) is 6.18 Å². The van der Waals surface area contributed by atoms with Crippen molar-refractivity contribution in [3.8, 4) is 0 Å². The minimum atomic E-state index is -4.46. The van der Waals surface area contributed by atoms with Gasteiger partial charge in [-0.3, -0.25) is 4.79 Å². The highest BCUT2D eigenvalue weighted by atomic mass is 19.4. The average molecular weight is 320 g/mol. The van der Waals surface area contributed by atoms with Crippen molar-refractivity contribution < 1.29 is 18.0 Å². The van der Waals surface area contributed by atoms with Crippen molar-refractivity contribution in [3.05, 3.63) is 59.7 Å². The molecule has 0 radical (unpaired) electrons. The Morgan fingerprint density at radius 1 is 1.26 bits per heavy atom. The van der Waals surface area contributed by atoms with Gasteiger partial charge in [0.2, 0.25) is 0 Å². The van der Waals surface area contributed by atoms with Gasteiger partial charge in [0.15, 0.2) is 0 Å². The fourth-order valence-electron chi connectivity index (χ4n) is 2.09. The van der Waals surface area contributed by atoms with Crippen molar-refractivity contribution >= 4 is 17.1 Å². The molecule has 2 aromatic heterocycles. The molecule has 0 aliphatic rings. The zero-order valence-corrected chi connectivity index (χ0v) is 11.9. The molecule has 0 aliphatic carbocycles. The van der Waals surface area contributed by atoms with Gasteiger partial charge in [0.05, 0.1) is 22.8 Å². The molecule has 0 saturated heterocycles. The largest absolute Gasteiger partial charge is 0.416 e. The number of halogens is 3. The molecule has 0 atom stereocenters. The number of aryl methyl sites for hydroxylation is 1. The van der Waals surface area contributed by atoms with Crippen molar-refractivity contribution in [2.75, 3.05) is 5.32 Å². The Morgan fingerprint density at radius 3 is 2.78 bits per heavy atom. The van der Waals surface area contributed by atoms with Gasteiger partial charge < -0.3 is 5.32 Å². The molecule has 0 unspecified atom stereocenters. The number of benzene rings is 1. The summed E-state index contributed by atoms with van der Waals surface area (Å²) in [6, 6.07) is 6.02. The quantitative estimate of drug-likeness (QED) is 0.788. The SMILES string of the molecule is Cc1ncc2cc(C(=O)Nc3cccc(C(F)(F)F)c3)cn2n1. The van der Waals surface area contributed by atoms with E-state index in [0.29, 0.717) is 11.3 Å². The second-order valence-corrected chi connectivity index (χ2v) is 4.94. The molecule has 3 aromatic rings. The van der Waals surface area contributed by atoms with Crippen LogP contribution >= 0.6 is 0 Å². The van der Waals surface area contributed by atoms with Gasteiger partial charge in [-0.25, -0.2) is 9.50 Å². The summed E-state index contributed by atoms with van der Waals surface area (Å²) in [5.41, 5.74) is 0.147. The van der Waals surface area contributed by atoms with Crippen LogP contribution in [0.15, 0.2) is 42.7 Å². The van der Waals surface area contributed by atoms with Crippen LogP contribution in [0.5, 0.6) is 0 Å². The van der Waals surface area contributed by atoms with Crippen LogP contribution in [0.25, 0.3) is 5.52 Å². The fourth-order valence-corrected chi connectivity index (χ4v) is 2.09. The lowest BCUT2D eigenvalue weighted by molar-refractivity contribution is -0.137. The number of hydrogen-bond donors (Lipinski definition) is 1. The van der Waals surface area contributed by atoms with Crippen LogP contribution < -0.4 is 5.32 Å². The number of fused-ring (bicyclic) bond motifs is 1. The average Bonchev–Trinajstić information content (AvgIpc) is 2.90. The van der Waals surface area contributed by atoms with E-state index in [1.54, 1.807) is 19.2 Å². The van der Waals surface area contributed by atoms with Crippen LogP contribution in [0, 0.1) is 6.92 Å². The van der Waals surface area contributed by atoms with E-state index in [1.807, 2.05) is 0 Å². The first-order valence-corrected chi connectivity index (χ1v) is 6.63. The van der Waals surface area contributed by atoms with Gasteiger partial charge in [0.25, 0.3) is 5.91 Å². The van der Waals surface area contributed by atoms with E-state index in [1.165, 1.54) is 22.8 Å². The summed E-state index contributed by atoms with van der Waals surface area (Å²) < 4.78 is 39.5. The normalized spacial score (nSPS) is 11.7. The first-order valence-electron chi connectivity index (χ1n) is 6.63. The monoisotopic (exact) mass is 320 g/mol. The molecule has 8 heteroatoms. The summed E-state index contributed by atoms with van der Waals surface area (Å²) in [5, 5.41) is 6.55. The predicted molar refractivity (Wildman–Crippen MR) is 77.1 cm³/mol. The summed E-state index contributed by atoms with van der Waals surface area (Å²) in [4.78, 5) is 16.2. The number of carbonyl (C=O) groups is 1. The minimum Gasteiger partial charge on any atom is -0.322 e. The zero-order valence-electron chi connectivity index (χ0n) is 11.9. The first-order chi connectivity index (χ1) is 10.8. The van der Waals surface area contributed by atoms with E-state index in [-0.39, 0.29) is 11.3 Å². The molecule has 1 amide bonds. The maximum absolute atomic E-state index is 12.7. The van der Waals surface area contributed by atoms with E-state index >= 15 is 0 Å². The molecule has 118 valence electrons. The van der Waals surface area contributed by atoms with E-state index < -0.39 is 17.6 Å². The Balaban J connectivity index is 1.86. The summed E-state index contributed by atoms with van der Waals surface area (Å²) >= 11 is 0. The zero-order chi connectivity index (χ0) is 16.6. The summed E-state index contributed by atoms with van der Waals surface area (Å²) in [7, 11) is 0. The number of hydrogen-bond acceptors (Lipinski definition) is 3. The number of alkyl halides is 3. The number of amides is 1. The molecule has 0 saturated carbocycles. The maximum Gasteiger partial charge on any atom is 0.416 e. The Labute approximate surface area is 128 Å². The third-order valence-corrected chi connectivity index (χ3v) is 3.18. The lowest BCUT2D eigenvalue weighted by Crippen LogP contribution is -2.12. The molecule has 1 aromatic carbocycles. The van der Waals surface area contributed by atoms with Crippen molar-refractivity contribution in [3.63, 3.8) is 0 Å². The number of nitrogens with zero attached hydrogens (tertiary/aromatic N) is 3. The second kappa shape index (κ2) is 5.38. The number of rotatable bonds is 2. The number of aromatic nitrogens is 3. The Morgan fingerprint density at radius 2 is 2.04 bits per heavy atom. The first kappa shape index (κ1) is 15.0. The van der Waals surface area contributed by atoms with Gasteiger partial charge in [-0.15, -0.1) is 0 Å². The van der Waals surface area contributed by atoms with E-state index in [9.17, 15) is 18.0 Å². The molecule has 3 rings (SSSR count). The molecular formula is C15H11F3N4O. The minimum absolute atomic E-state index is 0.0716. The smallest absolute Gasteiger partial charge is 0.322 e. The second-order valence-electron chi connectivity index (χ2n) is 4.94. The molecule has 0 spiro atoms. The summed E-state index contributed by atoms with van der Waals surface area (Å²) in [6.45, 7) is 1.71. The Hall–Kier alpha value is -2.90. The third kappa shape index (κ3) is 3.15. The number of carbonyl (C=O) groups excluding carboxylic acids is 1. The van der Waals surface area contributed by atoms with E-state index in [4.69, 9.17) is 0 Å². The van der Waals surface area contributed by atoms with Crippen LogP contribution in [0.4, 0.5) is 18.9 Å². The molecule has 2 heterocycles. The van der Waals surface area contributed by atoms with Crippen molar-refractivity contribution in [2.24, 2.45) is 0 Å². The highest BCUT2D eigenvalue weighted by molar-refractivity contribution is 6.05. The van der Waals surface area contributed by atoms with Gasteiger partial charge in [-0.1, -0.05) is 6.07 Å². The van der Waals surface area contributed by atoms with Crippen LogP contribution in [0.2, 0.25) is 0 Å². The standard InChI is InChI=1S/C15H11F3N4O/c1-9-19-7-13-5-10(8-22(13)21-9)14(23)20-12-4-2-3-11(6-12)15(16,17)18/h2-8H,1H3,(H,20,23). The van der Waals surface area contributed by atoms with Gasteiger partial charge in [-0.05, 0) is 31.2 Å². The van der Waals surface area contributed by atoms with Crippen molar-refractivity contribution in [1.82, 2.24) is 14.6 Å². The molecule has 0 bridgehead atoms. The Kier molecular flexibility index (Phi) is 3.51. The van der Waals surface area contributed by atoms with Crippen LogP contribution in [-0.4, -0.2) is 20.5 Å².